The monoisotopic (exact) mass is 392 g/mol. The van der Waals surface area contributed by atoms with Gasteiger partial charge in [-0.25, -0.2) is 3.97 Å². The molecule has 138 valence electrons. The lowest BCUT2D eigenvalue weighted by atomic mass is 10.1. The summed E-state index contributed by atoms with van der Waals surface area (Å²) in [6.07, 6.45) is 0. The van der Waals surface area contributed by atoms with Crippen molar-refractivity contribution < 1.29 is 13.0 Å². The lowest BCUT2D eigenvalue weighted by Gasteiger charge is -2.13. The number of pyridine rings is 2. The summed E-state index contributed by atoms with van der Waals surface area (Å²) in [5, 5.41) is 0.888. The minimum atomic E-state index is -4.73. The third kappa shape index (κ3) is 2.22. The van der Waals surface area contributed by atoms with Crippen molar-refractivity contribution in [3.63, 3.8) is 0 Å². The van der Waals surface area contributed by atoms with Gasteiger partial charge in [-0.1, -0.05) is 24.3 Å². The summed E-state index contributed by atoms with van der Waals surface area (Å²) >= 11 is 0. The average Bonchev–Trinajstić information content (AvgIpc) is 2.67. The second kappa shape index (κ2) is 5.51. The van der Waals surface area contributed by atoms with Crippen LogP contribution in [-0.2, 0) is 10.3 Å². The lowest BCUT2D eigenvalue weighted by Crippen LogP contribution is -2.18. The van der Waals surface area contributed by atoms with Crippen molar-refractivity contribution in [2.45, 2.75) is 0 Å². The highest BCUT2D eigenvalue weighted by Crippen LogP contribution is 2.25. The van der Waals surface area contributed by atoms with Crippen molar-refractivity contribution in [2.75, 3.05) is 0 Å². The number of nitrogens with zero attached hydrogens (tertiary/aromatic N) is 1. The highest BCUT2D eigenvalue weighted by atomic mass is 32.2. The molecular weight excluding hydrogens is 380 g/mol. The van der Waals surface area contributed by atoms with Crippen LogP contribution in [0.2, 0.25) is 0 Å². The Hall–Kier alpha value is -3.49. The third-order valence-electron chi connectivity index (χ3n) is 4.88. The molecular formula is C20H12N2O5S. The Morgan fingerprint density at radius 1 is 0.714 bits per heavy atom. The molecule has 0 bridgehead atoms. The van der Waals surface area contributed by atoms with Gasteiger partial charge in [0.15, 0.2) is 10.9 Å². The molecule has 0 amide bonds. The van der Waals surface area contributed by atoms with Crippen LogP contribution in [0.1, 0.15) is 0 Å². The first-order chi connectivity index (χ1) is 13.4. The van der Waals surface area contributed by atoms with Crippen molar-refractivity contribution in [3.8, 4) is 0 Å². The number of hydrogen-bond acceptors (Lipinski definition) is 4. The summed E-state index contributed by atoms with van der Waals surface area (Å²) in [4.78, 5) is 29.0. The molecule has 0 atom stereocenters. The first-order valence-electron chi connectivity index (χ1n) is 8.36. The van der Waals surface area contributed by atoms with Gasteiger partial charge in [0.25, 0.3) is 0 Å². The predicted molar refractivity (Wildman–Crippen MR) is 108 cm³/mol. The van der Waals surface area contributed by atoms with Crippen molar-refractivity contribution >= 4 is 53.9 Å². The molecule has 0 aliphatic rings. The Morgan fingerprint density at radius 2 is 1.36 bits per heavy atom. The van der Waals surface area contributed by atoms with E-state index in [0.717, 1.165) is 0 Å². The van der Waals surface area contributed by atoms with Gasteiger partial charge < -0.3 is 4.98 Å². The Labute approximate surface area is 157 Å². The number of nitrogens with one attached hydrogen (secondary N) is 1. The second-order valence-electron chi connectivity index (χ2n) is 6.50. The Morgan fingerprint density at radius 3 is 2.11 bits per heavy atom. The molecule has 0 aliphatic carbocycles. The molecule has 28 heavy (non-hydrogen) atoms. The van der Waals surface area contributed by atoms with E-state index < -0.39 is 10.3 Å². The van der Waals surface area contributed by atoms with Crippen LogP contribution in [0.5, 0.6) is 0 Å². The fourth-order valence-electron chi connectivity index (χ4n) is 3.68. The minimum Gasteiger partial charge on any atom is -0.354 e. The molecule has 0 fully saturated rings. The SMILES string of the molecule is O=c1c2ccccc2[nH]c2cc3c(=O)c4ccccc4n(S(=O)(=O)O)c3cc12. The number of aromatic amines is 1. The van der Waals surface area contributed by atoms with Crippen LogP contribution in [0, 0.1) is 0 Å². The summed E-state index contributed by atoms with van der Waals surface area (Å²) in [5.41, 5.74) is 0.314. The number of para-hydroxylation sites is 2. The van der Waals surface area contributed by atoms with Crippen molar-refractivity contribution in [1.29, 1.82) is 0 Å². The molecule has 0 radical (unpaired) electrons. The van der Waals surface area contributed by atoms with Crippen molar-refractivity contribution in [2.24, 2.45) is 0 Å². The van der Waals surface area contributed by atoms with E-state index in [1.807, 2.05) is 0 Å². The Balaban J connectivity index is 2.14. The maximum absolute atomic E-state index is 13.0. The van der Waals surface area contributed by atoms with Gasteiger partial charge in [0.05, 0.1) is 16.6 Å². The summed E-state index contributed by atoms with van der Waals surface area (Å²) in [6, 6.07) is 15.8. The molecule has 0 saturated heterocycles. The number of fused-ring (bicyclic) bond motifs is 4. The fraction of sp³-hybridized carbons (Fsp3) is 0. The van der Waals surface area contributed by atoms with Crippen LogP contribution in [0.15, 0.2) is 70.3 Å². The van der Waals surface area contributed by atoms with E-state index >= 15 is 0 Å². The molecule has 7 nitrogen and oxygen atoms in total. The van der Waals surface area contributed by atoms with Gasteiger partial charge in [-0.2, -0.15) is 8.42 Å². The normalized spacial score (nSPS) is 12.3. The van der Waals surface area contributed by atoms with E-state index in [-0.39, 0.29) is 38.0 Å². The quantitative estimate of drug-likeness (QED) is 0.337. The maximum Gasteiger partial charge on any atom is 0.364 e. The zero-order valence-electron chi connectivity index (χ0n) is 14.2. The molecule has 5 rings (SSSR count). The largest absolute Gasteiger partial charge is 0.364 e. The highest BCUT2D eigenvalue weighted by molar-refractivity contribution is 7.84. The van der Waals surface area contributed by atoms with E-state index in [1.165, 1.54) is 24.3 Å². The fourth-order valence-corrected chi connectivity index (χ4v) is 4.48. The van der Waals surface area contributed by atoms with Gasteiger partial charge in [0.1, 0.15) is 0 Å². The van der Waals surface area contributed by atoms with Gasteiger partial charge in [0, 0.05) is 27.1 Å². The van der Waals surface area contributed by atoms with E-state index in [9.17, 15) is 22.6 Å². The standard InChI is InChI=1S/C20H12N2O5S/c23-19-11-5-1-3-7-15(11)21-16-9-14-18(10-13(16)19)22(28(25,26)27)17-8-4-2-6-12(17)20(14)24/h1-10H,(H,21,23)(H,25,26,27). The zero-order chi connectivity index (χ0) is 19.6. The number of rotatable bonds is 1. The highest BCUT2D eigenvalue weighted by Gasteiger charge is 2.19. The number of benzene rings is 3. The van der Waals surface area contributed by atoms with Gasteiger partial charge in [-0.15, -0.1) is 0 Å². The van der Waals surface area contributed by atoms with E-state index in [2.05, 4.69) is 4.98 Å². The first-order valence-corrected chi connectivity index (χ1v) is 9.76. The summed E-state index contributed by atoms with van der Waals surface area (Å²) in [5.74, 6) is 0. The van der Waals surface area contributed by atoms with Crippen LogP contribution >= 0.6 is 0 Å². The molecule has 0 spiro atoms. The predicted octanol–water partition coefficient (Wildman–Crippen LogP) is 2.80. The van der Waals surface area contributed by atoms with Crippen LogP contribution in [0.25, 0.3) is 43.6 Å². The molecule has 0 aliphatic heterocycles. The first kappa shape index (κ1) is 16.7. The topological polar surface area (TPSA) is 109 Å². The summed E-state index contributed by atoms with van der Waals surface area (Å²) in [7, 11) is -4.73. The van der Waals surface area contributed by atoms with E-state index in [1.54, 1.807) is 36.4 Å². The summed E-state index contributed by atoms with van der Waals surface area (Å²) < 4.78 is 34.8. The van der Waals surface area contributed by atoms with Gasteiger partial charge in [-0.3, -0.25) is 14.1 Å². The van der Waals surface area contributed by atoms with Crippen LogP contribution in [0.3, 0.4) is 0 Å². The van der Waals surface area contributed by atoms with Gasteiger partial charge in [-0.05, 0) is 36.4 Å². The average molecular weight is 392 g/mol. The van der Waals surface area contributed by atoms with E-state index in [4.69, 9.17) is 0 Å². The summed E-state index contributed by atoms with van der Waals surface area (Å²) in [6.45, 7) is 0. The van der Waals surface area contributed by atoms with Crippen molar-refractivity contribution in [3.05, 3.63) is 81.1 Å². The Bertz CT molecular complexity index is 1680. The number of aromatic nitrogens is 2. The van der Waals surface area contributed by atoms with Gasteiger partial charge in [0.2, 0.25) is 0 Å². The molecule has 2 aromatic heterocycles. The maximum atomic E-state index is 13.0. The Kier molecular flexibility index (Phi) is 3.28. The molecule has 5 aromatic rings. The zero-order valence-corrected chi connectivity index (χ0v) is 15.0. The van der Waals surface area contributed by atoms with Crippen LogP contribution in [-0.4, -0.2) is 21.9 Å². The van der Waals surface area contributed by atoms with Gasteiger partial charge >= 0.3 is 10.3 Å². The van der Waals surface area contributed by atoms with E-state index in [0.29, 0.717) is 20.4 Å². The molecule has 2 N–H and O–H groups in total. The third-order valence-corrected chi connectivity index (χ3v) is 5.74. The minimum absolute atomic E-state index is 0.0408. The molecule has 8 heteroatoms. The number of H-pyrrole nitrogens is 1. The van der Waals surface area contributed by atoms with Crippen LogP contribution < -0.4 is 10.9 Å². The molecule has 2 heterocycles. The molecule has 0 saturated carbocycles. The smallest absolute Gasteiger partial charge is 0.354 e. The molecule has 3 aromatic carbocycles. The number of hydrogen-bond donors (Lipinski definition) is 2. The lowest BCUT2D eigenvalue weighted by molar-refractivity contribution is 0.476. The van der Waals surface area contributed by atoms with Crippen LogP contribution in [0.4, 0.5) is 0 Å². The van der Waals surface area contributed by atoms with Crippen molar-refractivity contribution in [1.82, 2.24) is 8.96 Å². The second-order valence-corrected chi connectivity index (χ2v) is 7.76. The molecule has 0 unspecified atom stereocenters.